The van der Waals surface area contributed by atoms with Gasteiger partial charge in [0.15, 0.2) is 0 Å². The predicted molar refractivity (Wildman–Crippen MR) is 136 cm³/mol. The second-order valence-electron chi connectivity index (χ2n) is 9.87. The molecule has 3 aliphatic rings. The van der Waals surface area contributed by atoms with E-state index in [9.17, 15) is 4.79 Å². The van der Waals surface area contributed by atoms with Gasteiger partial charge in [-0.25, -0.2) is 4.98 Å². The zero-order chi connectivity index (χ0) is 24.2. The van der Waals surface area contributed by atoms with Crippen molar-refractivity contribution in [3.63, 3.8) is 0 Å². The number of aromatic nitrogens is 2. The Morgan fingerprint density at radius 1 is 1.14 bits per heavy atom. The molecule has 0 spiro atoms. The number of carbonyl (C=O) groups is 1. The molecule has 1 aromatic carbocycles. The highest BCUT2D eigenvalue weighted by atomic mass is 16.5. The molecule has 0 radical (unpaired) electrons. The van der Waals surface area contributed by atoms with E-state index in [-0.39, 0.29) is 5.91 Å². The normalized spacial score (nSPS) is 18.8. The molecule has 8 heteroatoms. The summed E-state index contributed by atoms with van der Waals surface area (Å²) in [7, 11) is 3.79. The van der Waals surface area contributed by atoms with Crippen LogP contribution in [0.1, 0.15) is 48.9 Å². The predicted octanol–water partition coefficient (Wildman–Crippen LogP) is 3.22. The van der Waals surface area contributed by atoms with E-state index in [4.69, 9.17) is 19.4 Å². The lowest BCUT2D eigenvalue weighted by Gasteiger charge is -2.37. The van der Waals surface area contributed by atoms with E-state index in [1.807, 2.05) is 29.2 Å². The lowest BCUT2D eigenvalue weighted by molar-refractivity contribution is -0.131. The zero-order valence-electron chi connectivity index (χ0n) is 21.0. The summed E-state index contributed by atoms with van der Waals surface area (Å²) >= 11 is 0. The average Bonchev–Trinajstić information content (AvgIpc) is 2.92. The van der Waals surface area contributed by atoms with Crippen molar-refractivity contribution in [1.82, 2.24) is 14.9 Å². The van der Waals surface area contributed by atoms with Gasteiger partial charge in [-0.2, -0.15) is 4.98 Å². The average molecular weight is 480 g/mol. The molecule has 5 rings (SSSR count). The van der Waals surface area contributed by atoms with Gasteiger partial charge in [-0.05, 0) is 30.5 Å². The number of benzene rings is 1. The second kappa shape index (κ2) is 10.8. The van der Waals surface area contributed by atoms with Crippen LogP contribution in [0.2, 0.25) is 0 Å². The SMILES string of the molecule is COc1cccc(CC(=O)N2CCc3nc(N(C)C4CCCCC4)nc(N4CCOCC4)c3C2)c1. The van der Waals surface area contributed by atoms with Crippen LogP contribution in [0.15, 0.2) is 24.3 Å². The Balaban J connectivity index is 1.39. The minimum atomic E-state index is 0.125. The molecule has 2 fully saturated rings. The molecule has 1 saturated heterocycles. The van der Waals surface area contributed by atoms with Crippen LogP contribution in [0.4, 0.5) is 11.8 Å². The number of nitrogens with zero attached hydrogens (tertiary/aromatic N) is 5. The molecule has 2 aromatic rings. The van der Waals surface area contributed by atoms with E-state index >= 15 is 0 Å². The van der Waals surface area contributed by atoms with Gasteiger partial charge in [-0.1, -0.05) is 31.4 Å². The van der Waals surface area contributed by atoms with Gasteiger partial charge in [-0.15, -0.1) is 0 Å². The van der Waals surface area contributed by atoms with Crippen molar-refractivity contribution < 1.29 is 14.3 Å². The third-order valence-corrected chi connectivity index (χ3v) is 7.62. The Kier molecular flexibility index (Phi) is 7.37. The number of rotatable bonds is 6. The molecular weight excluding hydrogens is 442 g/mol. The van der Waals surface area contributed by atoms with Gasteiger partial charge in [-0.3, -0.25) is 4.79 Å². The van der Waals surface area contributed by atoms with Gasteiger partial charge in [0.1, 0.15) is 11.6 Å². The largest absolute Gasteiger partial charge is 0.497 e. The van der Waals surface area contributed by atoms with Crippen LogP contribution in [0, 0.1) is 0 Å². The summed E-state index contributed by atoms with van der Waals surface area (Å²) in [6.07, 6.45) is 7.41. The first-order valence-electron chi connectivity index (χ1n) is 13.0. The number of ether oxygens (including phenoxy) is 2. The number of methoxy groups -OCH3 is 1. The highest BCUT2D eigenvalue weighted by molar-refractivity contribution is 5.79. The Bertz CT molecular complexity index is 1030. The third kappa shape index (κ3) is 5.37. The first kappa shape index (κ1) is 23.9. The Labute approximate surface area is 208 Å². The molecule has 0 atom stereocenters. The number of anilines is 2. The fourth-order valence-corrected chi connectivity index (χ4v) is 5.49. The van der Waals surface area contributed by atoms with Crippen LogP contribution >= 0.6 is 0 Å². The van der Waals surface area contributed by atoms with E-state index in [0.29, 0.717) is 38.8 Å². The maximum atomic E-state index is 13.2. The molecule has 0 N–H and O–H groups in total. The maximum Gasteiger partial charge on any atom is 0.227 e. The molecule has 188 valence electrons. The molecule has 1 aromatic heterocycles. The maximum absolute atomic E-state index is 13.2. The van der Waals surface area contributed by atoms with E-state index in [2.05, 4.69) is 16.8 Å². The van der Waals surface area contributed by atoms with Crippen LogP contribution in [0.5, 0.6) is 5.75 Å². The summed E-state index contributed by atoms with van der Waals surface area (Å²) in [6, 6.07) is 8.25. The summed E-state index contributed by atoms with van der Waals surface area (Å²) in [5.41, 5.74) is 3.15. The van der Waals surface area contributed by atoms with Crippen molar-refractivity contribution in [2.75, 3.05) is 56.8 Å². The summed E-state index contributed by atoms with van der Waals surface area (Å²) < 4.78 is 10.9. The van der Waals surface area contributed by atoms with Crippen molar-refractivity contribution in [1.29, 1.82) is 0 Å². The fourth-order valence-electron chi connectivity index (χ4n) is 5.49. The standard InChI is InChI=1S/C27H37N5O3/c1-30(21-8-4-3-5-9-21)27-28-24-11-12-32(25(33)18-20-7-6-10-22(17-20)34-2)19-23(24)26(29-27)31-13-15-35-16-14-31/h6-7,10,17,21H,3-5,8-9,11-16,18-19H2,1-2H3. The Morgan fingerprint density at radius 3 is 2.71 bits per heavy atom. The molecular formula is C27H37N5O3. The lowest BCUT2D eigenvalue weighted by Crippen LogP contribution is -2.42. The van der Waals surface area contributed by atoms with E-state index in [1.165, 1.54) is 32.1 Å². The number of hydrogen-bond donors (Lipinski definition) is 0. The van der Waals surface area contributed by atoms with Gasteiger partial charge < -0.3 is 24.2 Å². The first-order valence-corrected chi connectivity index (χ1v) is 13.0. The Hall–Kier alpha value is -2.87. The highest BCUT2D eigenvalue weighted by Crippen LogP contribution is 2.32. The van der Waals surface area contributed by atoms with Gasteiger partial charge in [0.05, 0.1) is 39.0 Å². The van der Waals surface area contributed by atoms with Gasteiger partial charge in [0.2, 0.25) is 11.9 Å². The number of amides is 1. The van der Waals surface area contributed by atoms with Gasteiger partial charge >= 0.3 is 0 Å². The molecule has 1 aliphatic carbocycles. The number of fused-ring (bicyclic) bond motifs is 1. The van der Waals surface area contributed by atoms with E-state index in [1.54, 1.807) is 7.11 Å². The second-order valence-corrected chi connectivity index (χ2v) is 9.87. The van der Waals surface area contributed by atoms with Crippen molar-refractivity contribution in [3.8, 4) is 5.75 Å². The number of morpholine rings is 1. The summed E-state index contributed by atoms with van der Waals surface area (Å²) in [6.45, 7) is 4.26. The molecule has 1 saturated carbocycles. The van der Waals surface area contributed by atoms with Crippen LogP contribution < -0.4 is 14.5 Å². The summed E-state index contributed by atoms with van der Waals surface area (Å²) in [5, 5.41) is 0. The van der Waals surface area contributed by atoms with Crippen molar-refractivity contribution in [3.05, 3.63) is 41.1 Å². The molecule has 3 heterocycles. The highest BCUT2D eigenvalue weighted by Gasteiger charge is 2.30. The molecule has 1 amide bonds. The zero-order valence-corrected chi connectivity index (χ0v) is 21.0. The van der Waals surface area contributed by atoms with Crippen molar-refractivity contribution >= 4 is 17.7 Å². The first-order chi connectivity index (χ1) is 17.1. The summed E-state index contributed by atoms with van der Waals surface area (Å²) in [4.78, 5) is 30.0. The van der Waals surface area contributed by atoms with Crippen LogP contribution in [0.25, 0.3) is 0 Å². The van der Waals surface area contributed by atoms with Crippen molar-refractivity contribution in [2.45, 2.75) is 57.5 Å². The third-order valence-electron chi connectivity index (χ3n) is 7.62. The fraction of sp³-hybridized carbons (Fsp3) is 0.593. The minimum Gasteiger partial charge on any atom is -0.497 e. The number of hydrogen-bond acceptors (Lipinski definition) is 7. The molecule has 8 nitrogen and oxygen atoms in total. The van der Waals surface area contributed by atoms with Gasteiger partial charge in [0, 0.05) is 44.7 Å². The molecule has 0 unspecified atom stereocenters. The van der Waals surface area contributed by atoms with Crippen LogP contribution in [-0.4, -0.2) is 73.8 Å². The quantitative estimate of drug-likeness (QED) is 0.630. The molecule has 2 aliphatic heterocycles. The van der Waals surface area contributed by atoms with Crippen molar-refractivity contribution in [2.24, 2.45) is 0 Å². The smallest absolute Gasteiger partial charge is 0.227 e. The van der Waals surface area contributed by atoms with E-state index in [0.717, 1.165) is 53.8 Å². The van der Waals surface area contributed by atoms with E-state index < -0.39 is 0 Å². The van der Waals surface area contributed by atoms with Gasteiger partial charge in [0.25, 0.3) is 0 Å². The monoisotopic (exact) mass is 479 g/mol. The lowest BCUT2D eigenvalue weighted by atomic mass is 9.95. The minimum absolute atomic E-state index is 0.125. The molecule has 35 heavy (non-hydrogen) atoms. The summed E-state index contributed by atoms with van der Waals surface area (Å²) in [5.74, 6) is 2.71. The van der Waals surface area contributed by atoms with Crippen LogP contribution in [-0.2, 0) is 28.9 Å². The topological polar surface area (TPSA) is 71.0 Å². The Morgan fingerprint density at radius 2 is 1.94 bits per heavy atom. The van der Waals surface area contributed by atoms with Crippen LogP contribution in [0.3, 0.4) is 0 Å². The number of carbonyl (C=O) groups excluding carboxylic acids is 1. The molecule has 0 bridgehead atoms.